The smallest absolute Gasteiger partial charge is 0.222 e. The van der Waals surface area contributed by atoms with Crippen molar-refractivity contribution in [3.05, 3.63) is 158 Å². The van der Waals surface area contributed by atoms with Gasteiger partial charge in [0.15, 0.2) is 19.7 Å². The molecule has 22 heteroatoms. The van der Waals surface area contributed by atoms with Gasteiger partial charge in [-0.3, -0.25) is 9.97 Å². The third-order valence-corrected chi connectivity index (χ3v) is 23.9. The molecule has 0 radical (unpaired) electrons. The highest BCUT2D eigenvalue weighted by molar-refractivity contribution is 7.91. The van der Waals surface area contributed by atoms with Crippen LogP contribution in [0.2, 0.25) is 15.3 Å². The summed E-state index contributed by atoms with van der Waals surface area (Å²) < 4.78 is 50.8. The van der Waals surface area contributed by atoms with Gasteiger partial charge >= 0.3 is 0 Å². The summed E-state index contributed by atoms with van der Waals surface area (Å²) in [5.41, 5.74) is 17.4. The number of rotatable bonds is 21. The Hall–Kier alpha value is -5.58. The summed E-state index contributed by atoms with van der Waals surface area (Å²) in [4.78, 5) is 42.5. The number of anilines is 1. The summed E-state index contributed by atoms with van der Waals surface area (Å²) >= 11 is 17.8. The van der Waals surface area contributed by atoms with Gasteiger partial charge in [0.1, 0.15) is 6.29 Å². The van der Waals surface area contributed by atoms with Crippen molar-refractivity contribution in [2.75, 3.05) is 44.6 Å². The highest BCUT2D eigenvalue weighted by atomic mass is 35.5. The number of aryl methyl sites for hydroxylation is 2. The Kier molecular flexibility index (Phi) is 38.1. The minimum absolute atomic E-state index is 0.109. The maximum Gasteiger partial charge on any atom is 0.222 e. The first kappa shape index (κ1) is 85.1. The second-order valence-electron chi connectivity index (χ2n) is 26.7. The molecule has 0 aliphatic heterocycles. The molecule has 10 rings (SSSR count). The molecule has 100 heavy (non-hydrogen) atoms. The van der Waals surface area contributed by atoms with E-state index in [4.69, 9.17) is 51.1 Å². The zero-order chi connectivity index (χ0) is 73.2. The van der Waals surface area contributed by atoms with Crippen molar-refractivity contribution in [1.29, 1.82) is 0 Å². The molecule has 0 unspecified atom stereocenters. The zero-order valence-electron chi connectivity index (χ0n) is 61.4. The molecule has 550 valence electrons. The molecule has 5 N–H and O–H groups in total. The van der Waals surface area contributed by atoms with E-state index in [1.165, 1.54) is 135 Å². The van der Waals surface area contributed by atoms with E-state index >= 15 is 0 Å². The Morgan fingerprint density at radius 1 is 0.470 bits per heavy atom. The number of hydrogen-bond acceptors (Lipinski definition) is 17. The van der Waals surface area contributed by atoms with E-state index < -0.39 is 19.7 Å². The lowest BCUT2D eigenvalue weighted by Gasteiger charge is -2.36. The molecule has 0 saturated heterocycles. The van der Waals surface area contributed by atoms with Crippen LogP contribution in [0.4, 0.5) is 5.95 Å². The summed E-state index contributed by atoms with van der Waals surface area (Å²) in [6.07, 6.45) is 35.9. The Morgan fingerprint density at radius 2 is 0.790 bits per heavy atom. The number of carbonyl (C=O) groups excluding carboxylic acids is 1. The Balaban J connectivity index is 0.000000249. The predicted molar refractivity (Wildman–Crippen MR) is 417 cm³/mol. The zero-order valence-corrected chi connectivity index (χ0v) is 65.3. The predicted octanol–water partition coefficient (Wildman–Crippen LogP) is 16.9. The van der Waals surface area contributed by atoms with Gasteiger partial charge in [0.25, 0.3) is 0 Å². The average Bonchev–Trinajstić information content (AvgIpc) is 0.834. The monoisotopic (exact) mass is 1470 g/mol. The molecule has 6 aromatic rings. The van der Waals surface area contributed by atoms with Crippen molar-refractivity contribution in [3.63, 3.8) is 0 Å². The first-order valence-electron chi connectivity index (χ1n) is 36.3. The van der Waals surface area contributed by atoms with Crippen LogP contribution < -0.4 is 16.8 Å². The van der Waals surface area contributed by atoms with Crippen LogP contribution in [0.1, 0.15) is 210 Å². The lowest BCUT2D eigenvalue weighted by Crippen LogP contribution is -2.40. The summed E-state index contributed by atoms with van der Waals surface area (Å²) in [6.45, 7) is 30.4. The van der Waals surface area contributed by atoms with E-state index in [1.807, 2.05) is 50.3 Å². The van der Waals surface area contributed by atoms with Gasteiger partial charge in [-0.05, 0) is 234 Å². The maximum absolute atomic E-state index is 12.8. The van der Waals surface area contributed by atoms with E-state index in [-0.39, 0.29) is 36.6 Å². The second kappa shape index (κ2) is 44.8. The summed E-state index contributed by atoms with van der Waals surface area (Å²) in [7, 11) is -7.16. The van der Waals surface area contributed by atoms with Crippen LogP contribution in [0.5, 0.6) is 0 Å². The highest BCUT2D eigenvalue weighted by Gasteiger charge is 2.27. The first-order valence-corrected chi connectivity index (χ1v) is 40.8. The molecule has 4 aromatic heterocycles. The third-order valence-electron chi connectivity index (χ3n) is 19.4. The van der Waals surface area contributed by atoms with Crippen molar-refractivity contribution in [1.82, 2.24) is 44.6 Å². The molecule has 0 bridgehead atoms. The quantitative estimate of drug-likeness (QED) is 0.0449. The van der Waals surface area contributed by atoms with Gasteiger partial charge in [-0.25, -0.2) is 36.8 Å². The maximum atomic E-state index is 12.8. The van der Waals surface area contributed by atoms with Crippen LogP contribution in [0, 0.1) is 25.7 Å². The number of carbonyl (C=O) groups is 1. The normalized spacial score (nSPS) is 20.9. The SMILES string of the molecule is CC1CCC(N)CC1.CC=O.CCN(CC)C1CCC(C)CC1.CCN(CC)C1CCC(N)CC1.CCN(CC)C1CCC(Nc2ncc(/C=C/c3ccc(CS(=O)(=O)c4ccccc4Cl)nc3C)cn2)CC1.Cc1nc(CS(=O)(=O)c2ccccc2Cl)ccc1/C=C/c1cnc(Cl)nc1. The number of nitrogens with two attached hydrogens (primary N) is 2. The van der Waals surface area contributed by atoms with Gasteiger partial charge in [-0.1, -0.05) is 139 Å². The number of nitrogens with one attached hydrogen (secondary N) is 1. The molecule has 17 nitrogen and oxygen atoms in total. The summed E-state index contributed by atoms with van der Waals surface area (Å²) in [6, 6.07) is 23.8. The molecular formula is C78H115Cl3N12O5S2. The van der Waals surface area contributed by atoms with E-state index in [0.29, 0.717) is 47.2 Å². The lowest BCUT2D eigenvalue weighted by molar-refractivity contribution is -0.106. The molecule has 4 aliphatic rings. The third kappa shape index (κ3) is 29.3. The van der Waals surface area contributed by atoms with Gasteiger partial charge in [0.05, 0.1) is 42.7 Å². The largest absolute Gasteiger partial charge is 0.351 e. The molecule has 0 spiro atoms. The van der Waals surface area contributed by atoms with Gasteiger partial charge in [-0.2, -0.15) is 0 Å². The molecule has 4 saturated carbocycles. The second-order valence-corrected chi connectivity index (χ2v) is 31.7. The lowest BCUT2D eigenvalue weighted by atomic mass is 9.86. The van der Waals surface area contributed by atoms with Crippen LogP contribution in [0.25, 0.3) is 24.3 Å². The van der Waals surface area contributed by atoms with Gasteiger partial charge < -0.3 is 36.3 Å². The van der Waals surface area contributed by atoms with Gasteiger partial charge in [-0.15, -0.1) is 0 Å². The molecule has 4 aliphatic carbocycles. The number of halogens is 3. The molecule has 4 heterocycles. The summed E-state index contributed by atoms with van der Waals surface area (Å²) in [5, 5.41) is 4.11. The molecule has 0 amide bonds. The van der Waals surface area contributed by atoms with Gasteiger partial charge in [0.2, 0.25) is 11.2 Å². The molecule has 4 fully saturated rings. The van der Waals surface area contributed by atoms with Crippen LogP contribution in [-0.2, 0) is 36.0 Å². The fraction of sp³-hybridized carbons (Fsp3) is 0.551. The number of nitrogens with zero attached hydrogens (tertiary/aromatic N) is 9. The van der Waals surface area contributed by atoms with Crippen molar-refractivity contribution in [3.8, 4) is 0 Å². The Bertz CT molecular complexity index is 3580. The summed E-state index contributed by atoms with van der Waals surface area (Å²) in [5.74, 6) is 2.16. The van der Waals surface area contributed by atoms with Crippen LogP contribution in [-0.4, -0.2) is 143 Å². The highest BCUT2D eigenvalue weighted by Crippen LogP contribution is 2.30. The minimum atomic E-state index is -3.59. The standard InChI is InChI=1S/C29H36ClN5O2S.C19H15Cl2N3O2S.C11H23N.C10H22N2.C7H15N.C2H4O/c1-4-35(5-2)26-16-14-24(15-17-26)34-29-31-18-22(19-32-29)10-11-23-12-13-25(33-21(23)3)20-38(36,37)28-9-7-6-8-27(28)30;1-13-15(7-6-14-10-22-19(21)23-11-14)8-9-16(24-13)12-27(25,26)18-5-3-2-4-17(18)20;1-4-12(5-2)11-8-6-10(3)7-9-11;1-3-12(4-2)10-7-5-9(11)6-8-10;1-6-2-4-7(8)5-3-6;1-2-3/h6-13,18-19,24,26H,4-5,14-17,20H2,1-3H3,(H,31,32,34);2-11H,12H2,1H3;10-11H,4-9H2,1-3H3;9-10H,3-8,11H2,1-2H3;6-7H,2-5,8H2,1H3;2H,1H3/b11-10+;7-6+;;;;. The van der Waals surface area contributed by atoms with Crippen LogP contribution in [0.15, 0.2) is 107 Å². The number of benzene rings is 2. The van der Waals surface area contributed by atoms with E-state index in [9.17, 15) is 16.8 Å². The van der Waals surface area contributed by atoms with Crippen LogP contribution in [0.3, 0.4) is 0 Å². The average molecular weight is 1470 g/mol. The number of aromatic nitrogens is 6. The number of aldehydes is 1. The van der Waals surface area contributed by atoms with Crippen molar-refractivity contribution >= 4 is 91.0 Å². The van der Waals surface area contributed by atoms with E-state index in [1.54, 1.807) is 73.3 Å². The van der Waals surface area contributed by atoms with E-state index in [0.717, 1.165) is 84.1 Å². The Labute approximate surface area is 615 Å². The number of sulfone groups is 2. The van der Waals surface area contributed by atoms with Gasteiger partial charge in [0, 0.05) is 83.6 Å². The van der Waals surface area contributed by atoms with Crippen molar-refractivity contribution < 1.29 is 21.6 Å². The van der Waals surface area contributed by atoms with Crippen LogP contribution >= 0.6 is 34.8 Å². The molecular weight excluding hydrogens is 1360 g/mol. The fourth-order valence-electron chi connectivity index (χ4n) is 13.3. The van der Waals surface area contributed by atoms with Crippen molar-refractivity contribution in [2.45, 2.75) is 236 Å². The number of pyridine rings is 2. The first-order chi connectivity index (χ1) is 47.9. The molecule has 2 aromatic carbocycles. The van der Waals surface area contributed by atoms with Crippen molar-refractivity contribution in [2.24, 2.45) is 23.3 Å². The minimum Gasteiger partial charge on any atom is -0.351 e. The number of hydrogen-bond donors (Lipinski definition) is 3. The molecule has 0 atom stereocenters. The topological polar surface area (TPSA) is 236 Å². The fourth-order valence-corrected chi connectivity index (χ4v) is 17.1. The van der Waals surface area contributed by atoms with E-state index in [2.05, 4.69) is 105 Å². The Morgan fingerprint density at radius 3 is 1.13 bits per heavy atom.